The predicted octanol–water partition coefficient (Wildman–Crippen LogP) is 3.84. The zero-order valence-corrected chi connectivity index (χ0v) is 9.41. The first-order valence-corrected chi connectivity index (χ1v) is 6.44. The van der Waals surface area contributed by atoms with Crippen LogP contribution >= 0.6 is 31.1 Å². The van der Waals surface area contributed by atoms with Crippen LogP contribution in [0.5, 0.6) is 0 Å². The van der Waals surface area contributed by atoms with Crippen LogP contribution in [-0.2, 0) is 0 Å². The van der Waals surface area contributed by atoms with Crippen molar-refractivity contribution in [2.24, 2.45) is 0 Å². The Morgan fingerprint density at radius 3 is 2.31 bits per heavy atom. The Morgan fingerprint density at radius 1 is 1.08 bits per heavy atom. The van der Waals surface area contributed by atoms with Gasteiger partial charge in [0.15, 0.2) is 0 Å². The van der Waals surface area contributed by atoms with Crippen LogP contribution in [0, 0.1) is 0 Å². The third kappa shape index (κ3) is 1.91. The van der Waals surface area contributed by atoms with Gasteiger partial charge in [-0.25, -0.2) is 0 Å². The SMILES string of the molecule is ClC1=C(Cl)P(c2ccccc2)CC1. The maximum Gasteiger partial charge on any atom is 0.0602 e. The van der Waals surface area contributed by atoms with Crippen LogP contribution in [0.2, 0.25) is 0 Å². The topological polar surface area (TPSA) is 0 Å². The highest BCUT2D eigenvalue weighted by molar-refractivity contribution is 7.72. The highest BCUT2D eigenvalue weighted by atomic mass is 35.5. The summed E-state index contributed by atoms with van der Waals surface area (Å²) in [5.41, 5.74) is 0. The van der Waals surface area contributed by atoms with Gasteiger partial charge in [0, 0.05) is 5.03 Å². The molecule has 0 spiro atoms. The van der Waals surface area contributed by atoms with Gasteiger partial charge in [-0.3, -0.25) is 0 Å². The van der Waals surface area contributed by atoms with Crippen molar-refractivity contribution in [2.75, 3.05) is 6.16 Å². The van der Waals surface area contributed by atoms with E-state index in [9.17, 15) is 0 Å². The minimum atomic E-state index is -0.328. The fourth-order valence-corrected chi connectivity index (χ4v) is 4.65. The minimum absolute atomic E-state index is 0.328. The average molecular weight is 231 g/mol. The van der Waals surface area contributed by atoms with Crippen molar-refractivity contribution in [3.63, 3.8) is 0 Å². The van der Waals surface area contributed by atoms with Crippen LogP contribution < -0.4 is 5.30 Å². The summed E-state index contributed by atoms with van der Waals surface area (Å²) in [5.74, 6) is 0. The van der Waals surface area contributed by atoms with E-state index in [1.807, 2.05) is 18.2 Å². The van der Waals surface area contributed by atoms with E-state index in [-0.39, 0.29) is 7.92 Å². The molecule has 1 atom stereocenters. The molecule has 0 aromatic heterocycles. The second-order valence-corrected chi connectivity index (χ2v) is 6.30. The zero-order chi connectivity index (χ0) is 9.26. The van der Waals surface area contributed by atoms with Gasteiger partial charge in [-0.05, 0) is 25.8 Å². The molecular formula is C10H9Cl2P. The Labute approximate surface area is 89.3 Å². The Morgan fingerprint density at radius 2 is 1.77 bits per heavy atom. The van der Waals surface area contributed by atoms with Crippen LogP contribution in [0.4, 0.5) is 0 Å². The molecule has 1 aliphatic rings. The van der Waals surface area contributed by atoms with Gasteiger partial charge in [0.1, 0.15) is 0 Å². The third-order valence-electron chi connectivity index (χ3n) is 2.08. The summed E-state index contributed by atoms with van der Waals surface area (Å²) in [7, 11) is -0.328. The summed E-state index contributed by atoms with van der Waals surface area (Å²) >= 11 is 12.1. The van der Waals surface area contributed by atoms with Gasteiger partial charge in [0.25, 0.3) is 0 Å². The number of allylic oxidation sites excluding steroid dienone is 1. The van der Waals surface area contributed by atoms with Crippen molar-refractivity contribution in [1.82, 2.24) is 0 Å². The highest BCUT2D eigenvalue weighted by Gasteiger charge is 2.23. The summed E-state index contributed by atoms with van der Waals surface area (Å²) < 4.78 is 0.892. The quantitative estimate of drug-likeness (QED) is 0.644. The lowest BCUT2D eigenvalue weighted by Gasteiger charge is -2.10. The summed E-state index contributed by atoms with van der Waals surface area (Å²) in [6.45, 7) is 0. The van der Waals surface area contributed by atoms with Crippen molar-refractivity contribution in [3.05, 3.63) is 40.1 Å². The van der Waals surface area contributed by atoms with Gasteiger partial charge in [-0.15, -0.1) is 0 Å². The van der Waals surface area contributed by atoms with Gasteiger partial charge >= 0.3 is 0 Å². The molecule has 0 bridgehead atoms. The molecule has 3 heteroatoms. The number of hydrogen-bond donors (Lipinski definition) is 0. The normalized spacial score (nSPS) is 22.5. The predicted molar refractivity (Wildman–Crippen MR) is 61.2 cm³/mol. The van der Waals surface area contributed by atoms with Crippen LogP contribution in [0.25, 0.3) is 0 Å². The van der Waals surface area contributed by atoms with Gasteiger partial charge < -0.3 is 0 Å². The number of rotatable bonds is 1. The molecule has 0 N–H and O–H groups in total. The van der Waals surface area contributed by atoms with Gasteiger partial charge in [0.2, 0.25) is 0 Å². The molecule has 1 unspecified atom stereocenters. The van der Waals surface area contributed by atoms with E-state index in [4.69, 9.17) is 23.2 Å². The summed E-state index contributed by atoms with van der Waals surface area (Å²) in [5, 5.41) is 2.19. The van der Waals surface area contributed by atoms with Crippen molar-refractivity contribution < 1.29 is 0 Å². The minimum Gasteiger partial charge on any atom is -0.0875 e. The van der Waals surface area contributed by atoms with Gasteiger partial charge in [-0.1, -0.05) is 53.5 Å². The molecule has 0 nitrogen and oxygen atoms in total. The van der Waals surface area contributed by atoms with Gasteiger partial charge in [0.05, 0.1) is 4.77 Å². The van der Waals surface area contributed by atoms with Crippen molar-refractivity contribution in [2.45, 2.75) is 6.42 Å². The molecule has 13 heavy (non-hydrogen) atoms. The molecule has 1 aromatic rings. The highest BCUT2D eigenvalue weighted by Crippen LogP contribution is 2.54. The van der Waals surface area contributed by atoms with E-state index in [1.54, 1.807) is 0 Å². The molecule has 0 fully saturated rings. The molecule has 2 rings (SSSR count). The smallest absolute Gasteiger partial charge is 0.0602 e. The first-order chi connectivity index (χ1) is 6.29. The van der Waals surface area contributed by atoms with Crippen LogP contribution in [0.3, 0.4) is 0 Å². The average Bonchev–Trinajstić information content (AvgIpc) is 2.49. The van der Waals surface area contributed by atoms with Crippen LogP contribution in [-0.4, -0.2) is 6.16 Å². The third-order valence-corrected chi connectivity index (χ3v) is 5.87. The first kappa shape index (κ1) is 9.52. The van der Waals surface area contributed by atoms with Crippen molar-refractivity contribution >= 4 is 36.4 Å². The molecule has 0 saturated carbocycles. The summed E-state index contributed by atoms with van der Waals surface area (Å²) in [6.07, 6.45) is 2.05. The van der Waals surface area contributed by atoms with Crippen molar-refractivity contribution in [1.29, 1.82) is 0 Å². The van der Waals surface area contributed by atoms with E-state index >= 15 is 0 Å². The Balaban J connectivity index is 2.30. The lowest BCUT2D eigenvalue weighted by Crippen LogP contribution is -1.98. The maximum absolute atomic E-state index is 6.14. The summed E-state index contributed by atoms with van der Waals surface area (Å²) in [4.78, 5) is 0. The molecule has 0 saturated heterocycles. The second-order valence-electron chi connectivity index (χ2n) is 2.93. The van der Waals surface area contributed by atoms with Gasteiger partial charge in [-0.2, -0.15) is 0 Å². The Hall–Kier alpha value is -0.0300. The largest absolute Gasteiger partial charge is 0.0875 e. The molecule has 1 aliphatic heterocycles. The fourth-order valence-electron chi connectivity index (χ4n) is 1.41. The second kappa shape index (κ2) is 4.00. The lowest BCUT2D eigenvalue weighted by atomic mass is 10.4. The fraction of sp³-hybridized carbons (Fsp3) is 0.200. The number of halogens is 2. The molecule has 0 aliphatic carbocycles. The molecule has 0 radical (unpaired) electrons. The first-order valence-electron chi connectivity index (χ1n) is 4.16. The molecular weight excluding hydrogens is 222 g/mol. The monoisotopic (exact) mass is 230 g/mol. The lowest BCUT2D eigenvalue weighted by molar-refractivity contribution is 1.24. The molecule has 1 heterocycles. The molecule has 68 valence electrons. The van der Waals surface area contributed by atoms with Crippen LogP contribution in [0.15, 0.2) is 40.1 Å². The zero-order valence-electron chi connectivity index (χ0n) is 7.00. The van der Waals surface area contributed by atoms with Crippen molar-refractivity contribution in [3.8, 4) is 0 Å². The molecule has 0 amide bonds. The van der Waals surface area contributed by atoms with E-state index in [2.05, 4.69) is 12.1 Å². The van der Waals surface area contributed by atoms with E-state index in [0.717, 1.165) is 22.4 Å². The van der Waals surface area contributed by atoms with E-state index in [0.29, 0.717) is 0 Å². The molecule has 1 aromatic carbocycles. The van der Waals surface area contributed by atoms with E-state index in [1.165, 1.54) is 5.30 Å². The Bertz CT molecular complexity index is 332. The standard InChI is InChI=1S/C10H9Cl2P/c11-9-6-7-13(10(9)12)8-4-2-1-3-5-8/h1-5H,6-7H2. The Kier molecular flexibility index (Phi) is 2.93. The number of hydrogen-bond acceptors (Lipinski definition) is 0. The maximum atomic E-state index is 6.14. The van der Waals surface area contributed by atoms with E-state index < -0.39 is 0 Å². The number of benzene rings is 1. The van der Waals surface area contributed by atoms with Crippen LogP contribution in [0.1, 0.15) is 6.42 Å². The summed E-state index contributed by atoms with van der Waals surface area (Å²) in [6, 6.07) is 10.4.